The highest BCUT2D eigenvalue weighted by atomic mass is 16.5. The SMILES string of the molecule is CC(C)COc1cccc(C(=O)N2CCNC[C@H]2C)c1. The van der Waals surface area contributed by atoms with Crippen molar-refractivity contribution in [3.8, 4) is 5.75 Å². The first-order chi connectivity index (χ1) is 9.58. The number of hydrogen-bond donors (Lipinski definition) is 1. The summed E-state index contributed by atoms with van der Waals surface area (Å²) in [6, 6.07) is 7.73. The second kappa shape index (κ2) is 6.75. The third-order valence-corrected chi connectivity index (χ3v) is 3.43. The van der Waals surface area contributed by atoms with Crippen LogP contribution in [0.1, 0.15) is 31.1 Å². The van der Waals surface area contributed by atoms with Crippen molar-refractivity contribution < 1.29 is 9.53 Å². The molecule has 0 bridgehead atoms. The monoisotopic (exact) mass is 276 g/mol. The minimum atomic E-state index is 0.0917. The standard InChI is InChI=1S/C16H24N2O2/c1-12(2)11-20-15-6-4-5-14(9-15)16(19)18-8-7-17-10-13(18)3/h4-6,9,12-13,17H,7-8,10-11H2,1-3H3/t13-/m1/s1. The van der Waals surface area contributed by atoms with Gasteiger partial charge in [-0.05, 0) is 31.0 Å². The fraction of sp³-hybridized carbons (Fsp3) is 0.562. The molecule has 0 saturated carbocycles. The summed E-state index contributed by atoms with van der Waals surface area (Å²) in [7, 11) is 0. The molecule has 1 saturated heterocycles. The van der Waals surface area contributed by atoms with Gasteiger partial charge in [0.2, 0.25) is 0 Å². The first kappa shape index (κ1) is 14.9. The number of piperazine rings is 1. The molecule has 1 aliphatic rings. The molecule has 4 nitrogen and oxygen atoms in total. The minimum Gasteiger partial charge on any atom is -0.493 e. The lowest BCUT2D eigenvalue weighted by Gasteiger charge is -2.34. The van der Waals surface area contributed by atoms with E-state index in [1.165, 1.54) is 0 Å². The molecule has 0 aliphatic carbocycles. The Bertz CT molecular complexity index is 460. The van der Waals surface area contributed by atoms with Crippen LogP contribution >= 0.6 is 0 Å². The van der Waals surface area contributed by atoms with E-state index in [4.69, 9.17) is 4.74 Å². The number of benzene rings is 1. The number of amides is 1. The highest BCUT2D eigenvalue weighted by Crippen LogP contribution is 2.17. The number of carbonyl (C=O) groups is 1. The topological polar surface area (TPSA) is 41.6 Å². The van der Waals surface area contributed by atoms with Crippen molar-refractivity contribution in [2.24, 2.45) is 5.92 Å². The quantitative estimate of drug-likeness (QED) is 0.916. The van der Waals surface area contributed by atoms with Crippen molar-refractivity contribution in [3.63, 3.8) is 0 Å². The van der Waals surface area contributed by atoms with Crippen LogP contribution < -0.4 is 10.1 Å². The molecular weight excluding hydrogens is 252 g/mol. The molecule has 1 aliphatic heterocycles. The van der Waals surface area contributed by atoms with Gasteiger partial charge in [0.05, 0.1) is 6.61 Å². The Hall–Kier alpha value is -1.55. The highest BCUT2D eigenvalue weighted by Gasteiger charge is 2.24. The fourth-order valence-electron chi connectivity index (χ4n) is 2.29. The molecule has 1 aromatic carbocycles. The summed E-state index contributed by atoms with van der Waals surface area (Å²) in [6.45, 7) is 9.44. The second-order valence-corrected chi connectivity index (χ2v) is 5.78. The lowest BCUT2D eigenvalue weighted by Crippen LogP contribution is -2.52. The summed E-state index contributed by atoms with van der Waals surface area (Å²) in [6.07, 6.45) is 0. The van der Waals surface area contributed by atoms with Crippen LogP contribution in [0.2, 0.25) is 0 Å². The van der Waals surface area contributed by atoms with Gasteiger partial charge >= 0.3 is 0 Å². The van der Waals surface area contributed by atoms with E-state index in [0.29, 0.717) is 18.1 Å². The Morgan fingerprint density at radius 3 is 3.00 bits per heavy atom. The van der Waals surface area contributed by atoms with Crippen LogP contribution in [-0.4, -0.2) is 43.1 Å². The first-order valence-electron chi connectivity index (χ1n) is 7.32. The van der Waals surface area contributed by atoms with Crippen molar-refractivity contribution in [2.45, 2.75) is 26.8 Å². The number of carbonyl (C=O) groups excluding carboxylic acids is 1. The number of hydrogen-bond acceptors (Lipinski definition) is 3. The fourth-order valence-corrected chi connectivity index (χ4v) is 2.29. The predicted molar refractivity (Wildman–Crippen MR) is 80.1 cm³/mol. The molecule has 0 radical (unpaired) electrons. The zero-order valence-electron chi connectivity index (χ0n) is 12.6. The van der Waals surface area contributed by atoms with Gasteiger partial charge in [-0.15, -0.1) is 0 Å². The first-order valence-corrected chi connectivity index (χ1v) is 7.32. The predicted octanol–water partition coefficient (Wildman–Crippen LogP) is 2.16. The van der Waals surface area contributed by atoms with Gasteiger partial charge < -0.3 is 15.0 Å². The third-order valence-electron chi connectivity index (χ3n) is 3.43. The molecule has 0 aromatic heterocycles. The molecule has 1 amide bonds. The van der Waals surface area contributed by atoms with Crippen LogP contribution in [0.15, 0.2) is 24.3 Å². The van der Waals surface area contributed by atoms with Gasteiger partial charge in [-0.3, -0.25) is 4.79 Å². The molecule has 20 heavy (non-hydrogen) atoms. The lowest BCUT2D eigenvalue weighted by molar-refractivity contribution is 0.0655. The average molecular weight is 276 g/mol. The molecule has 1 N–H and O–H groups in total. The normalized spacial score (nSPS) is 19.2. The molecule has 0 unspecified atom stereocenters. The summed E-state index contributed by atoms with van der Waals surface area (Å²) >= 11 is 0. The molecule has 0 spiro atoms. The Kier molecular flexibility index (Phi) is 5.01. The van der Waals surface area contributed by atoms with Gasteiger partial charge in [-0.1, -0.05) is 19.9 Å². The maximum Gasteiger partial charge on any atom is 0.254 e. The van der Waals surface area contributed by atoms with E-state index in [-0.39, 0.29) is 11.9 Å². The summed E-state index contributed by atoms with van der Waals surface area (Å²) in [5.41, 5.74) is 0.708. The van der Waals surface area contributed by atoms with Crippen molar-refractivity contribution in [1.29, 1.82) is 0 Å². The largest absolute Gasteiger partial charge is 0.493 e. The van der Waals surface area contributed by atoms with Crippen molar-refractivity contribution >= 4 is 5.91 Å². The molecule has 1 atom stereocenters. The van der Waals surface area contributed by atoms with Crippen molar-refractivity contribution in [3.05, 3.63) is 29.8 Å². The van der Waals surface area contributed by atoms with Gasteiger partial charge in [0, 0.05) is 31.2 Å². The second-order valence-electron chi connectivity index (χ2n) is 5.78. The van der Waals surface area contributed by atoms with Crippen LogP contribution in [0.5, 0.6) is 5.75 Å². The van der Waals surface area contributed by atoms with E-state index >= 15 is 0 Å². The molecule has 110 valence electrons. The number of ether oxygens (including phenoxy) is 1. The zero-order chi connectivity index (χ0) is 14.5. The summed E-state index contributed by atoms with van der Waals surface area (Å²) < 4.78 is 5.69. The van der Waals surface area contributed by atoms with Gasteiger partial charge in [0.15, 0.2) is 0 Å². The van der Waals surface area contributed by atoms with Gasteiger partial charge in [-0.2, -0.15) is 0 Å². The number of nitrogens with zero attached hydrogens (tertiary/aromatic N) is 1. The van der Waals surface area contributed by atoms with Gasteiger partial charge in [0.25, 0.3) is 5.91 Å². The Morgan fingerprint density at radius 2 is 2.30 bits per heavy atom. The summed E-state index contributed by atoms with van der Waals surface area (Å²) in [4.78, 5) is 14.5. The summed E-state index contributed by atoms with van der Waals surface area (Å²) in [5.74, 6) is 1.34. The maximum absolute atomic E-state index is 12.5. The van der Waals surface area contributed by atoms with E-state index in [1.54, 1.807) is 0 Å². The molecule has 1 fully saturated rings. The molecule has 2 rings (SSSR count). The van der Waals surface area contributed by atoms with E-state index in [9.17, 15) is 4.79 Å². The number of nitrogens with one attached hydrogen (secondary N) is 1. The molecule has 1 heterocycles. The van der Waals surface area contributed by atoms with Crippen LogP contribution in [0.3, 0.4) is 0 Å². The Labute approximate surface area is 121 Å². The van der Waals surface area contributed by atoms with E-state index < -0.39 is 0 Å². The van der Waals surface area contributed by atoms with E-state index in [1.807, 2.05) is 29.2 Å². The Balaban J connectivity index is 2.07. The third kappa shape index (κ3) is 3.73. The van der Waals surface area contributed by atoms with Crippen LogP contribution in [0.25, 0.3) is 0 Å². The molecular formula is C16H24N2O2. The number of rotatable bonds is 4. The Morgan fingerprint density at radius 1 is 1.50 bits per heavy atom. The van der Waals surface area contributed by atoms with Gasteiger partial charge in [-0.25, -0.2) is 0 Å². The van der Waals surface area contributed by atoms with E-state index in [2.05, 4.69) is 26.1 Å². The molecule has 1 aromatic rings. The van der Waals surface area contributed by atoms with Crippen molar-refractivity contribution in [2.75, 3.05) is 26.2 Å². The van der Waals surface area contributed by atoms with E-state index in [0.717, 1.165) is 25.4 Å². The molecule has 4 heteroatoms. The lowest BCUT2D eigenvalue weighted by atomic mass is 10.1. The minimum absolute atomic E-state index is 0.0917. The maximum atomic E-state index is 12.5. The van der Waals surface area contributed by atoms with Crippen LogP contribution in [0, 0.1) is 5.92 Å². The smallest absolute Gasteiger partial charge is 0.254 e. The zero-order valence-corrected chi connectivity index (χ0v) is 12.6. The average Bonchev–Trinajstić information content (AvgIpc) is 2.45. The van der Waals surface area contributed by atoms with Gasteiger partial charge in [0.1, 0.15) is 5.75 Å². The van der Waals surface area contributed by atoms with Crippen molar-refractivity contribution in [1.82, 2.24) is 10.2 Å². The van der Waals surface area contributed by atoms with Crippen LogP contribution in [0.4, 0.5) is 0 Å². The van der Waals surface area contributed by atoms with Crippen LogP contribution in [-0.2, 0) is 0 Å². The summed E-state index contributed by atoms with van der Waals surface area (Å²) in [5, 5.41) is 3.30. The highest BCUT2D eigenvalue weighted by molar-refractivity contribution is 5.94.